The first-order chi connectivity index (χ1) is 18.3. The van der Waals surface area contributed by atoms with Gasteiger partial charge in [0.1, 0.15) is 4.91 Å². The number of H-pyrrole nitrogens is 1. The molecule has 5 aromatic rings. The normalized spacial score (nSPS) is 11.7. The van der Waals surface area contributed by atoms with Crippen LogP contribution in [0.3, 0.4) is 0 Å². The van der Waals surface area contributed by atoms with Crippen LogP contribution in [-0.2, 0) is 11.3 Å². The topological polar surface area (TPSA) is 127 Å². The van der Waals surface area contributed by atoms with E-state index in [0.717, 1.165) is 45.0 Å². The third-order valence-corrected chi connectivity index (χ3v) is 7.17. The van der Waals surface area contributed by atoms with Gasteiger partial charge in [-0.05, 0) is 60.7 Å². The summed E-state index contributed by atoms with van der Waals surface area (Å²) in [6.07, 6.45) is 1.63. The maximum absolute atomic E-state index is 12.2. The van der Waals surface area contributed by atoms with Gasteiger partial charge >= 0.3 is 5.97 Å². The van der Waals surface area contributed by atoms with Gasteiger partial charge in [0.15, 0.2) is 5.82 Å². The Balaban J connectivity index is 1.49. The summed E-state index contributed by atoms with van der Waals surface area (Å²) < 4.78 is 2.07. The van der Waals surface area contributed by atoms with Crippen LogP contribution in [0.5, 0.6) is 0 Å². The number of carboxylic acid groups (broad SMARTS) is 1. The van der Waals surface area contributed by atoms with Crippen molar-refractivity contribution in [2.45, 2.75) is 18.6 Å². The number of rotatable bonds is 8. The van der Waals surface area contributed by atoms with Gasteiger partial charge in [0.05, 0.1) is 4.92 Å². The van der Waals surface area contributed by atoms with Gasteiger partial charge < -0.3 is 9.67 Å². The molecule has 190 valence electrons. The second kappa shape index (κ2) is 10.5. The van der Waals surface area contributed by atoms with E-state index >= 15 is 0 Å². The number of carboxylic acids is 1. The molecule has 0 aliphatic heterocycles. The Morgan fingerprint density at radius 1 is 1.13 bits per heavy atom. The number of nitro groups is 1. The number of nitrogens with zero attached hydrogens (tertiary/aromatic N) is 4. The van der Waals surface area contributed by atoms with Crippen molar-refractivity contribution in [1.82, 2.24) is 19.7 Å². The monoisotopic (exact) mass is 545 g/mol. The Bertz CT molecular complexity index is 1690. The molecule has 0 fully saturated rings. The van der Waals surface area contributed by atoms with Gasteiger partial charge in [0.2, 0.25) is 5.16 Å². The Hall–Kier alpha value is -4.41. The van der Waals surface area contributed by atoms with Gasteiger partial charge in [-0.1, -0.05) is 41.9 Å². The van der Waals surface area contributed by atoms with Crippen molar-refractivity contribution in [3.8, 4) is 11.4 Å². The maximum Gasteiger partial charge on any atom is 0.342 e. The zero-order chi connectivity index (χ0) is 26.8. The molecule has 0 radical (unpaired) electrons. The molecule has 0 amide bonds. The Morgan fingerprint density at radius 2 is 1.84 bits per heavy atom. The summed E-state index contributed by atoms with van der Waals surface area (Å²) >= 11 is 6.91. The zero-order valence-corrected chi connectivity index (χ0v) is 21.5. The van der Waals surface area contributed by atoms with E-state index in [0.29, 0.717) is 17.4 Å². The summed E-state index contributed by atoms with van der Waals surface area (Å²) in [6.45, 7) is 2.39. The molecule has 0 aliphatic carbocycles. The molecule has 0 spiro atoms. The van der Waals surface area contributed by atoms with Gasteiger partial charge in [-0.2, -0.15) is 0 Å². The molecule has 0 saturated heterocycles. The van der Waals surface area contributed by atoms with Crippen LogP contribution in [0.15, 0.2) is 82.9 Å². The standard InChI is InChI=1S/C27H20ClN5O4S/c1-16-22(14-24(26(34)35)38-27-29-25(30-31-27)18-8-10-19(28)11-9-18)21-4-2-3-5-23(21)32(16)15-17-6-12-20(13-7-17)33(36)37/h2-14H,15H2,1H3,(H,34,35)(H,29,30,31)/b24-14-. The van der Waals surface area contributed by atoms with E-state index in [1.54, 1.807) is 42.5 Å². The number of aromatic nitrogens is 4. The lowest BCUT2D eigenvalue weighted by molar-refractivity contribution is -0.384. The molecule has 2 heterocycles. The third kappa shape index (κ3) is 5.17. The first-order valence-electron chi connectivity index (χ1n) is 11.4. The van der Waals surface area contributed by atoms with Crippen molar-refractivity contribution in [1.29, 1.82) is 0 Å². The largest absolute Gasteiger partial charge is 0.477 e. The number of aliphatic carboxylic acids is 1. The van der Waals surface area contributed by atoms with E-state index in [2.05, 4.69) is 19.7 Å². The number of nitro benzene ring substituents is 1. The molecule has 5 rings (SSSR count). The van der Waals surface area contributed by atoms with Gasteiger partial charge in [0, 0.05) is 51.4 Å². The van der Waals surface area contributed by atoms with Crippen LogP contribution in [0, 0.1) is 17.0 Å². The molecular formula is C27H20ClN5O4S. The molecule has 0 saturated carbocycles. The van der Waals surface area contributed by atoms with Crippen LogP contribution in [0.1, 0.15) is 16.8 Å². The number of thioether (sulfide) groups is 1. The van der Waals surface area contributed by atoms with Crippen molar-refractivity contribution in [2.75, 3.05) is 0 Å². The summed E-state index contributed by atoms with van der Waals surface area (Å²) in [5, 5.41) is 29.8. The summed E-state index contributed by atoms with van der Waals surface area (Å²) in [5.74, 6) is -0.593. The van der Waals surface area contributed by atoms with E-state index in [9.17, 15) is 20.0 Å². The maximum atomic E-state index is 12.2. The van der Waals surface area contributed by atoms with Gasteiger partial charge in [-0.25, -0.2) is 9.78 Å². The number of aromatic amines is 1. The average Bonchev–Trinajstić information content (AvgIpc) is 3.48. The molecular weight excluding hydrogens is 526 g/mol. The Labute approximate surface area is 225 Å². The summed E-state index contributed by atoms with van der Waals surface area (Å²) in [7, 11) is 0. The number of halogens is 1. The summed E-state index contributed by atoms with van der Waals surface area (Å²) in [4.78, 5) is 27.3. The van der Waals surface area contributed by atoms with E-state index < -0.39 is 10.9 Å². The second-order valence-corrected chi connectivity index (χ2v) is 9.86. The average molecular weight is 546 g/mol. The number of non-ortho nitro benzene ring substituents is 1. The number of para-hydroxylation sites is 1. The van der Waals surface area contributed by atoms with Crippen LogP contribution in [0.2, 0.25) is 5.02 Å². The minimum atomic E-state index is -1.10. The molecule has 3 aromatic carbocycles. The van der Waals surface area contributed by atoms with E-state index in [1.807, 2.05) is 31.2 Å². The fourth-order valence-corrected chi connectivity index (χ4v) is 4.96. The lowest BCUT2D eigenvalue weighted by Gasteiger charge is -2.09. The number of fused-ring (bicyclic) bond motifs is 1. The molecule has 0 bridgehead atoms. The molecule has 0 atom stereocenters. The van der Waals surface area contributed by atoms with Gasteiger partial charge in [0.25, 0.3) is 5.69 Å². The van der Waals surface area contributed by atoms with E-state index in [4.69, 9.17) is 11.6 Å². The van der Waals surface area contributed by atoms with Crippen molar-refractivity contribution in [3.63, 3.8) is 0 Å². The molecule has 2 N–H and O–H groups in total. The van der Waals surface area contributed by atoms with E-state index in [1.165, 1.54) is 12.1 Å². The lowest BCUT2D eigenvalue weighted by atomic mass is 10.1. The first kappa shape index (κ1) is 25.2. The fourth-order valence-electron chi connectivity index (χ4n) is 4.14. The van der Waals surface area contributed by atoms with Crippen LogP contribution >= 0.6 is 23.4 Å². The molecule has 2 aromatic heterocycles. The van der Waals surface area contributed by atoms with Crippen molar-refractivity contribution < 1.29 is 14.8 Å². The highest BCUT2D eigenvalue weighted by molar-refractivity contribution is 8.04. The van der Waals surface area contributed by atoms with Crippen molar-refractivity contribution in [3.05, 3.63) is 110 Å². The Kier molecular flexibility index (Phi) is 6.99. The molecule has 38 heavy (non-hydrogen) atoms. The fraction of sp³-hybridized carbons (Fsp3) is 0.0741. The minimum absolute atomic E-state index is 0.0285. The van der Waals surface area contributed by atoms with Crippen LogP contribution < -0.4 is 0 Å². The predicted molar refractivity (Wildman–Crippen MR) is 147 cm³/mol. The highest BCUT2D eigenvalue weighted by atomic mass is 35.5. The molecule has 0 aliphatic rings. The molecule has 9 nitrogen and oxygen atoms in total. The van der Waals surface area contributed by atoms with Crippen LogP contribution in [-0.4, -0.2) is 35.7 Å². The number of hydrogen-bond acceptors (Lipinski definition) is 6. The smallest absolute Gasteiger partial charge is 0.342 e. The number of hydrogen-bond donors (Lipinski definition) is 2. The van der Waals surface area contributed by atoms with Crippen molar-refractivity contribution in [2.24, 2.45) is 0 Å². The quantitative estimate of drug-likeness (QED) is 0.0977. The molecule has 0 unspecified atom stereocenters. The van der Waals surface area contributed by atoms with Crippen LogP contribution in [0.25, 0.3) is 28.4 Å². The number of benzene rings is 3. The predicted octanol–water partition coefficient (Wildman–Crippen LogP) is 6.56. The Morgan fingerprint density at radius 3 is 2.53 bits per heavy atom. The zero-order valence-electron chi connectivity index (χ0n) is 20.0. The number of carbonyl (C=O) groups is 1. The summed E-state index contributed by atoms with van der Waals surface area (Å²) in [5.41, 5.74) is 4.24. The highest BCUT2D eigenvalue weighted by Gasteiger charge is 2.19. The first-order valence-corrected chi connectivity index (χ1v) is 12.6. The van der Waals surface area contributed by atoms with E-state index in [-0.39, 0.29) is 15.7 Å². The van der Waals surface area contributed by atoms with Crippen LogP contribution in [0.4, 0.5) is 5.69 Å². The van der Waals surface area contributed by atoms with Gasteiger partial charge in [-0.15, -0.1) is 5.10 Å². The summed E-state index contributed by atoms with van der Waals surface area (Å²) in [6, 6.07) is 21.2. The number of nitrogens with one attached hydrogen (secondary N) is 1. The third-order valence-electron chi connectivity index (χ3n) is 6.04. The highest BCUT2D eigenvalue weighted by Crippen LogP contribution is 2.33. The van der Waals surface area contributed by atoms with Gasteiger partial charge in [-0.3, -0.25) is 15.2 Å². The second-order valence-electron chi connectivity index (χ2n) is 8.42. The van der Waals surface area contributed by atoms with Crippen molar-refractivity contribution >= 4 is 52.0 Å². The lowest BCUT2D eigenvalue weighted by Crippen LogP contribution is -2.02. The minimum Gasteiger partial charge on any atom is -0.477 e. The molecule has 11 heteroatoms. The SMILES string of the molecule is Cc1c(/C=C(\Sc2n[nH]c(-c3ccc(Cl)cc3)n2)C(=O)O)c2ccccc2n1Cc1ccc([N+](=O)[O-])cc1.